The highest BCUT2D eigenvalue weighted by atomic mass is 32.2. The number of aryl methyl sites for hydroxylation is 1. The molecule has 0 saturated heterocycles. The molecule has 2 aromatic carbocycles. The molecule has 3 atom stereocenters. The second kappa shape index (κ2) is 16.3. The Bertz CT molecular complexity index is 1830. The Balaban J connectivity index is 1.62. The number of aromatic nitrogens is 3. The van der Waals surface area contributed by atoms with E-state index in [1.807, 2.05) is 70.3 Å². The third-order valence-electron chi connectivity index (χ3n) is 7.85. The first kappa shape index (κ1) is 36.7. The van der Waals surface area contributed by atoms with Crippen LogP contribution in [0.1, 0.15) is 55.6 Å². The predicted molar refractivity (Wildman–Crippen MR) is 186 cm³/mol. The summed E-state index contributed by atoms with van der Waals surface area (Å²) >= 11 is 1.50. The number of aliphatic hydroxyl groups excluding tert-OH is 1. The molecule has 48 heavy (non-hydrogen) atoms. The molecule has 12 nitrogen and oxygen atoms in total. The van der Waals surface area contributed by atoms with Gasteiger partial charge in [-0.15, -0.1) is 11.3 Å². The van der Waals surface area contributed by atoms with Gasteiger partial charge < -0.3 is 15.6 Å². The van der Waals surface area contributed by atoms with Gasteiger partial charge in [0.25, 0.3) is 0 Å². The van der Waals surface area contributed by atoms with Crippen LogP contribution in [0.2, 0.25) is 0 Å². The molecule has 0 aliphatic rings. The summed E-state index contributed by atoms with van der Waals surface area (Å²) in [6.07, 6.45) is 3.34. The highest BCUT2D eigenvalue weighted by Gasteiger charge is 2.34. The molecule has 4 aromatic rings. The van der Waals surface area contributed by atoms with Gasteiger partial charge in [-0.05, 0) is 48.4 Å². The summed E-state index contributed by atoms with van der Waals surface area (Å²) in [5, 5.41) is 29.3. The number of carbonyl (C=O) groups is 1. The number of oxime groups is 1. The smallest absolute Gasteiger partial charge is 0.329 e. The first-order valence-electron chi connectivity index (χ1n) is 15.8. The molecule has 0 fully saturated rings. The first-order chi connectivity index (χ1) is 22.8. The molecule has 0 aliphatic carbocycles. The molecule has 2 heterocycles. The Labute approximate surface area is 285 Å². The SMILES string of the molecule is Cc1nc(Cn2ccn(C(C(=O)N[C@@H](Cc3ccccc3)[C@H](O)CN(CC(C)C)S(=O)(=O)c3ccc(/C=N/O)cc3)C(C)C)c2=O)cs1. The lowest BCUT2D eigenvalue weighted by atomic mass is 9.98. The van der Waals surface area contributed by atoms with Crippen molar-refractivity contribution in [3.05, 3.63) is 105 Å². The Morgan fingerprint density at radius 3 is 2.33 bits per heavy atom. The number of benzene rings is 2. The quantitative estimate of drug-likeness (QED) is 0.0911. The fraction of sp³-hybridized carbons (Fsp3) is 0.412. The van der Waals surface area contributed by atoms with Gasteiger partial charge in [-0.3, -0.25) is 13.9 Å². The van der Waals surface area contributed by atoms with Crippen molar-refractivity contribution < 1.29 is 23.5 Å². The summed E-state index contributed by atoms with van der Waals surface area (Å²) in [7, 11) is -4.06. The van der Waals surface area contributed by atoms with Crippen LogP contribution in [-0.2, 0) is 27.8 Å². The lowest BCUT2D eigenvalue weighted by molar-refractivity contribution is -0.127. The van der Waals surface area contributed by atoms with Crippen molar-refractivity contribution in [2.75, 3.05) is 13.1 Å². The number of carbonyl (C=O) groups excluding carboxylic acids is 1. The van der Waals surface area contributed by atoms with E-state index < -0.39 is 34.1 Å². The lowest BCUT2D eigenvalue weighted by Gasteiger charge is -2.32. The van der Waals surface area contributed by atoms with Crippen LogP contribution in [0, 0.1) is 18.8 Å². The third-order valence-corrected chi connectivity index (χ3v) is 10.5. The van der Waals surface area contributed by atoms with E-state index in [4.69, 9.17) is 5.21 Å². The van der Waals surface area contributed by atoms with Gasteiger partial charge >= 0.3 is 5.69 Å². The fourth-order valence-corrected chi connectivity index (χ4v) is 7.77. The number of sulfonamides is 1. The monoisotopic (exact) mass is 696 g/mol. The number of imidazole rings is 1. The molecule has 0 saturated carbocycles. The zero-order valence-electron chi connectivity index (χ0n) is 27.8. The largest absolute Gasteiger partial charge is 0.411 e. The molecule has 14 heteroatoms. The van der Waals surface area contributed by atoms with Gasteiger partial charge in [-0.1, -0.05) is 75.3 Å². The molecular formula is C34H44N6O6S2. The molecule has 4 rings (SSSR count). The minimum atomic E-state index is -4.06. The minimum absolute atomic E-state index is 0.0191. The van der Waals surface area contributed by atoms with Gasteiger partial charge in [0.1, 0.15) is 6.04 Å². The molecular weight excluding hydrogens is 653 g/mol. The number of thiazole rings is 1. The highest BCUT2D eigenvalue weighted by Crippen LogP contribution is 2.22. The number of hydrogen-bond acceptors (Lipinski definition) is 9. The highest BCUT2D eigenvalue weighted by molar-refractivity contribution is 7.89. The maximum Gasteiger partial charge on any atom is 0.329 e. The summed E-state index contributed by atoms with van der Waals surface area (Å²) in [4.78, 5) is 31.9. The van der Waals surface area contributed by atoms with Crippen molar-refractivity contribution in [3.63, 3.8) is 0 Å². The zero-order valence-corrected chi connectivity index (χ0v) is 29.4. The van der Waals surface area contributed by atoms with Crippen LogP contribution in [0.5, 0.6) is 0 Å². The van der Waals surface area contributed by atoms with Crippen molar-refractivity contribution in [1.82, 2.24) is 23.7 Å². The summed E-state index contributed by atoms with van der Waals surface area (Å²) in [6, 6.07) is 13.4. The Morgan fingerprint density at radius 1 is 1.06 bits per heavy atom. The van der Waals surface area contributed by atoms with Crippen LogP contribution in [0.15, 0.2) is 87.2 Å². The second-order valence-corrected chi connectivity index (χ2v) is 15.6. The van der Waals surface area contributed by atoms with Gasteiger partial charge in [-0.25, -0.2) is 18.2 Å². The summed E-state index contributed by atoms with van der Waals surface area (Å²) in [6.45, 7) is 9.46. The Kier molecular flexibility index (Phi) is 12.5. The van der Waals surface area contributed by atoms with Crippen LogP contribution in [0.4, 0.5) is 0 Å². The van der Waals surface area contributed by atoms with E-state index in [0.717, 1.165) is 16.3 Å². The summed E-state index contributed by atoms with van der Waals surface area (Å²) in [5.74, 6) is -0.815. The summed E-state index contributed by atoms with van der Waals surface area (Å²) in [5.41, 5.74) is 1.75. The number of hydrogen-bond donors (Lipinski definition) is 3. The third kappa shape index (κ3) is 9.28. The average molecular weight is 697 g/mol. The molecule has 3 N–H and O–H groups in total. The number of nitrogens with one attached hydrogen (secondary N) is 1. The summed E-state index contributed by atoms with van der Waals surface area (Å²) < 4.78 is 31.8. The normalized spacial score (nSPS) is 14.2. The number of nitrogens with zero attached hydrogens (tertiary/aromatic N) is 5. The van der Waals surface area contributed by atoms with E-state index in [1.54, 1.807) is 12.4 Å². The van der Waals surface area contributed by atoms with Crippen LogP contribution in [0.3, 0.4) is 0 Å². The van der Waals surface area contributed by atoms with E-state index in [2.05, 4.69) is 15.5 Å². The first-order valence-corrected chi connectivity index (χ1v) is 18.1. The van der Waals surface area contributed by atoms with Crippen molar-refractivity contribution in [1.29, 1.82) is 0 Å². The molecule has 2 aromatic heterocycles. The molecule has 258 valence electrons. The van der Waals surface area contributed by atoms with Gasteiger partial charge in [0.2, 0.25) is 15.9 Å². The standard InChI is InChI=1S/C34H44N6O6S2/c1-23(2)19-39(48(45,46)29-13-11-27(12-14-29)18-35-44)21-31(41)30(17-26-9-7-6-8-10-26)37-33(42)32(24(3)4)40-16-15-38(34(40)43)20-28-22-47-25(5)36-28/h6-16,18,22-24,30-32,41,44H,17,19-21H2,1-5H3,(H,37,42)/b35-18+/t30-,31+,32?/m0/s1. The predicted octanol–water partition coefficient (Wildman–Crippen LogP) is 3.90. The minimum Gasteiger partial charge on any atom is -0.411 e. The molecule has 0 bridgehead atoms. The zero-order chi connectivity index (χ0) is 35.0. The number of rotatable bonds is 16. The van der Waals surface area contributed by atoms with Gasteiger partial charge in [0.15, 0.2) is 0 Å². The van der Waals surface area contributed by atoms with E-state index >= 15 is 0 Å². The topological polar surface area (TPSA) is 159 Å². The van der Waals surface area contributed by atoms with E-state index in [1.165, 1.54) is 55.3 Å². The van der Waals surface area contributed by atoms with Gasteiger partial charge in [-0.2, -0.15) is 4.31 Å². The van der Waals surface area contributed by atoms with Crippen LogP contribution in [0.25, 0.3) is 0 Å². The van der Waals surface area contributed by atoms with E-state index in [0.29, 0.717) is 5.56 Å². The Morgan fingerprint density at radius 2 is 1.75 bits per heavy atom. The van der Waals surface area contributed by atoms with Crippen LogP contribution < -0.4 is 11.0 Å². The van der Waals surface area contributed by atoms with E-state index in [-0.39, 0.29) is 48.5 Å². The Hall–Kier alpha value is -4.11. The second-order valence-electron chi connectivity index (χ2n) is 12.6. The fourth-order valence-electron chi connectivity index (χ4n) is 5.54. The van der Waals surface area contributed by atoms with Crippen molar-refractivity contribution in [3.8, 4) is 0 Å². The molecule has 0 aliphatic heterocycles. The van der Waals surface area contributed by atoms with Crippen molar-refractivity contribution in [2.24, 2.45) is 17.0 Å². The van der Waals surface area contributed by atoms with Crippen LogP contribution >= 0.6 is 11.3 Å². The lowest BCUT2D eigenvalue weighted by Crippen LogP contribution is -2.53. The maximum atomic E-state index is 14.0. The average Bonchev–Trinajstić information content (AvgIpc) is 3.61. The number of aliphatic hydroxyl groups is 1. The molecule has 1 amide bonds. The molecule has 1 unspecified atom stereocenters. The van der Waals surface area contributed by atoms with Gasteiger partial charge in [0, 0.05) is 30.9 Å². The van der Waals surface area contributed by atoms with Crippen molar-refractivity contribution in [2.45, 2.75) is 70.7 Å². The van der Waals surface area contributed by atoms with Crippen molar-refractivity contribution >= 4 is 33.5 Å². The molecule has 0 spiro atoms. The molecule has 0 radical (unpaired) electrons. The van der Waals surface area contributed by atoms with Gasteiger partial charge in [0.05, 0.1) is 40.5 Å². The van der Waals surface area contributed by atoms with E-state index in [9.17, 15) is 23.1 Å². The maximum absolute atomic E-state index is 14.0. The number of amides is 1. The van der Waals surface area contributed by atoms with Crippen LogP contribution in [-0.4, -0.2) is 74.5 Å².